The predicted octanol–water partition coefficient (Wildman–Crippen LogP) is 1.19. The predicted molar refractivity (Wildman–Crippen MR) is 89.0 cm³/mol. The number of nitrogens with zero attached hydrogens (tertiary/aromatic N) is 4. The number of hydrogen-bond donors (Lipinski definition) is 2. The lowest BCUT2D eigenvalue weighted by molar-refractivity contribution is -0.134. The number of aromatic nitrogens is 3. The van der Waals surface area contributed by atoms with E-state index < -0.39 is 0 Å². The van der Waals surface area contributed by atoms with Crippen LogP contribution in [0.15, 0.2) is 24.3 Å². The number of hydrazine groups is 1. The molecule has 24 heavy (non-hydrogen) atoms. The Hall–Kier alpha value is -1.96. The van der Waals surface area contributed by atoms with Gasteiger partial charge in [0, 0.05) is 24.2 Å². The van der Waals surface area contributed by atoms with Gasteiger partial charge in [-0.2, -0.15) is 0 Å². The van der Waals surface area contributed by atoms with Crippen LogP contribution in [0.2, 0.25) is 5.02 Å². The molecule has 2 aromatic rings. The van der Waals surface area contributed by atoms with E-state index in [2.05, 4.69) is 25.6 Å². The van der Waals surface area contributed by atoms with Gasteiger partial charge in [-0.15, -0.1) is 10.2 Å². The van der Waals surface area contributed by atoms with Crippen LogP contribution in [0, 0.1) is 6.92 Å². The number of fused-ring (bicyclic) bond motifs is 1. The highest BCUT2D eigenvalue weighted by atomic mass is 35.5. The molecule has 0 bridgehead atoms. The van der Waals surface area contributed by atoms with Crippen LogP contribution in [0.4, 0.5) is 0 Å². The Morgan fingerprint density at radius 3 is 2.92 bits per heavy atom. The quantitative estimate of drug-likeness (QED) is 0.854. The van der Waals surface area contributed by atoms with E-state index in [0.717, 1.165) is 23.8 Å². The average molecular weight is 347 g/mol. The lowest BCUT2D eigenvalue weighted by atomic mass is 10.0. The molecule has 4 rings (SSSR count). The van der Waals surface area contributed by atoms with Gasteiger partial charge in [-0.1, -0.05) is 29.8 Å². The molecule has 1 aromatic heterocycles. The van der Waals surface area contributed by atoms with E-state index in [4.69, 9.17) is 11.6 Å². The van der Waals surface area contributed by atoms with Gasteiger partial charge in [0.1, 0.15) is 11.9 Å². The first-order chi connectivity index (χ1) is 11.6. The van der Waals surface area contributed by atoms with Crippen molar-refractivity contribution in [2.45, 2.75) is 38.5 Å². The summed E-state index contributed by atoms with van der Waals surface area (Å²) in [5, 5.41) is 8.95. The third-order valence-electron chi connectivity index (χ3n) is 4.73. The second-order valence-electron chi connectivity index (χ2n) is 6.23. The van der Waals surface area contributed by atoms with E-state index >= 15 is 0 Å². The molecule has 2 N–H and O–H groups in total. The Kier molecular flexibility index (Phi) is 3.99. The van der Waals surface area contributed by atoms with Gasteiger partial charge < -0.3 is 9.47 Å². The van der Waals surface area contributed by atoms with Gasteiger partial charge >= 0.3 is 0 Å². The Balaban J connectivity index is 1.44. The van der Waals surface area contributed by atoms with Crippen molar-refractivity contribution in [3.63, 3.8) is 0 Å². The zero-order chi connectivity index (χ0) is 16.7. The Labute approximate surface area is 145 Å². The molecule has 2 aliphatic heterocycles. The highest BCUT2D eigenvalue weighted by Crippen LogP contribution is 2.29. The number of carbonyl (C=O) groups excluding carboxylic acids is 1. The van der Waals surface area contributed by atoms with Crippen LogP contribution in [0.3, 0.4) is 0 Å². The molecule has 1 amide bonds. The monoisotopic (exact) mass is 346 g/mol. The van der Waals surface area contributed by atoms with E-state index in [1.165, 1.54) is 0 Å². The summed E-state index contributed by atoms with van der Waals surface area (Å²) in [5.74, 6) is 1.83. The summed E-state index contributed by atoms with van der Waals surface area (Å²) in [6, 6.07) is 7.49. The molecular weight excluding hydrogens is 328 g/mol. The molecule has 8 heteroatoms. The molecule has 126 valence electrons. The molecule has 2 atom stereocenters. The maximum Gasteiger partial charge on any atom is 0.241 e. The van der Waals surface area contributed by atoms with E-state index in [1.807, 2.05) is 36.1 Å². The van der Waals surface area contributed by atoms with Crippen LogP contribution in [-0.4, -0.2) is 38.2 Å². The first-order valence-corrected chi connectivity index (χ1v) is 8.44. The van der Waals surface area contributed by atoms with Gasteiger partial charge in [0.05, 0.1) is 6.54 Å². The summed E-state index contributed by atoms with van der Waals surface area (Å²) >= 11 is 6.26. The van der Waals surface area contributed by atoms with E-state index in [0.29, 0.717) is 24.5 Å². The second-order valence-corrected chi connectivity index (χ2v) is 6.63. The SMILES string of the molecule is Cc1nnc2n1CCN(C(=O)C1CC(c3ccccc3Cl)NN1)C2. The number of benzene rings is 1. The highest BCUT2D eigenvalue weighted by Gasteiger charge is 2.35. The van der Waals surface area contributed by atoms with Crippen LogP contribution in [0.1, 0.15) is 29.7 Å². The molecule has 2 aliphatic rings. The number of amides is 1. The van der Waals surface area contributed by atoms with Gasteiger partial charge in [0.2, 0.25) is 5.91 Å². The smallest absolute Gasteiger partial charge is 0.241 e. The third kappa shape index (κ3) is 2.68. The maximum atomic E-state index is 12.8. The minimum absolute atomic E-state index is 0.0309. The highest BCUT2D eigenvalue weighted by molar-refractivity contribution is 6.31. The van der Waals surface area contributed by atoms with Crippen molar-refractivity contribution in [1.82, 2.24) is 30.5 Å². The number of halogens is 1. The normalized spacial score (nSPS) is 23.3. The molecule has 7 nitrogen and oxygen atoms in total. The number of aryl methyl sites for hydroxylation is 1. The van der Waals surface area contributed by atoms with Crippen LogP contribution >= 0.6 is 11.6 Å². The second kappa shape index (κ2) is 6.16. The van der Waals surface area contributed by atoms with E-state index in [1.54, 1.807) is 0 Å². The molecule has 0 saturated carbocycles. The molecule has 3 heterocycles. The molecule has 0 spiro atoms. The third-order valence-corrected chi connectivity index (χ3v) is 5.08. The summed E-state index contributed by atoms with van der Waals surface area (Å²) in [6.45, 7) is 3.87. The van der Waals surface area contributed by atoms with Crippen LogP contribution < -0.4 is 10.9 Å². The zero-order valence-electron chi connectivity index (χ0n) is 13.4. The van der Waals surface area contributed by atoms with Crippen LogP contribution in [0.5, 0.6) is 0 Å². The van der Waals surface area contributed by atoms with Crippen LogP contribution in [-0.2, 0) is 17.9 Å². The van der Waals surface area contributed by atoms with Crippen molar-refractivity contribution >= 4 is 17.5 Å². The number of rotatable bonds is 2. The minimum Gasteiger partial charge on any atom is -0.332 e. The standard InChI is InChI=1S/C16H19ClN6O/c1-10-18-21-15-9-22(6-7-23(10)15)16(24)14-8-13(19-20-14)11-4-2-3-5-12(11)17/h2-5,13-14,19-20H,6-9H2,1H3. The Morgan fingerprint density at radius 1 is 1.25 bits per heavy atom. The van der Waals surface area contributed by atoms with Crippen molar-refractivity contribution in [2.24, 2.45) is 0 Å². The largest absolute Gasteiger partial charge is 0.332 e. The fourth-order valence-electron chi connectivity index (χ4n) is 3.39. The van der Waals surface area contributed by atoms with Crippen molar-refractivity contribution < 1.29 is 4.79 Å². The van der Waals surface area contributed by atoms with E-state index in [-0.39, 0.29) is 18.0 Å². The molecule has 2 unspecified atom stereocenters. The average Bonchev–Trinajstić information content (AvgIpc) is 3.22. The fraction of sp³-hybridized carbons (Fsp3) is 0.438. The summed E-state index contributed by atoms with van der Waals surface area (Å²) in [7, 11) is 0. The maximum absolute atomic E-state index is 12.8. The van der Waals surface area contributed by atoms with Crippen molar-refractivity contribution in [2.75, 3.05) is 6.54 Å². The van der Waals surface area contributed by atoms with Gasteiger partial charge in [0.15, 0.2) is 5.82 Å². The zero-order valence-corrected chi connectivity index (χ0v) is 14.1. The Bertz CT molecular complexity index is 776. The number of hydrogen-bond acceptors (Lipinski definition) is 5. The van der Waals surface area contributed by atoms with Crippen molar-refractivity contribution in [3.05, 3.63) is 46.5 Å². The molecular formula is C16H19ClN6O. The Morgan fingerprint density at radius 2 is 2.08 bits per heavy atom. The molecule has 1 saturated heterocycles. The molecule has 1 fully saturated rings. The van der Waals surface area contributed by atoms with E-state index in [9.17, 15) is 4.79 Å². The summed E-state index contributed by atoms with van der Waals surface area (Å²) < 4.78 is 2.07. The lowest BCUT2D eigenvalue weighted by Crippen LogP contribution is -2.48. The molecule has 1 aromatic carbocycles. The van der Waals surface area contributed by atoms with Gasteiger partial charge in [-0.05, 0) is 25.0 Å². The summed E-state index contributed by atoms with van der Waals surface area (Å²) in [6.07, 6.45) is 0.671. The lowest BCUT2D eigenvalue weighted by Gasteiger charge is -2.29. The van der Waals surface area contributed by atoms with Gasteiger partial charge in [-0.25, -0.2) is 10.9 Å². The molecule has 0 aliphatic carbocycles. The first-order valence-electron chi connectivity index (χ1n) is 8.06. The number of carbonyl (C=O) groups is 1. The van der Waals surface area contributed by atoms with Gasteiger partial charge in [0.25, 0.3) is 0 Å². The summed E-state index contributed by atoms with van der Waals surface area (Å²) in [5.41, 5.74) is 7.32. The minimum atomic E-state index is -0.262. The van der Waals surface area contributed by atoms with Crippen LogP contribution in [0.25, 0.3) is 0 Å². The fourth-order valence-corrected chi connectivity index (χ4v) is 3.66. The molecule has 0 radical (unpaired) electrons. The summed E-state index contributed by atoms with van der Waals surface area (Å²) in [4.78, 5) is 14.7. The van der Waals surface area contributed by atoms with Crippen molar-refractivity contribution in [1.29, 1.82) is 0 Å². The van der Waals surface area contributed by atoms with Gasteiger partial charge in [-0.3, -0.25) is 4.79 Å². The first kappa shape index (κ1) is 15.6. The number of nitrogens with one attached hydrogen (secondary N) is 2. The van der Waals surface area contributed by atoms with Crippen molar-refractivity contribution in [3.8, 4) is 0 Å². The topological polar surface area (TPSA) is 75.1 Å².